The third-order valence-corrected chi connectivity index (χ3v) is 5.35. The maximum absolute atomic E-state index is 12.3. The van der Waals surface area contributed by atoms with Gasteiger partial charge in [0.05, 0.1) is 5.75 Å². The summed E-state index contributed by atoms with van der Waals surface area (Å²) in [5.41, 5.74) is 1.20. The number of nitrogens with one attached hydrogen (secondary N) is 1. The molecule has 1 aromatic carbocycles. The van der Waals surface area contributed by atoms with Crippen LogP contribution in [0.3, 0.4) is 0 Å². The van der Waals surface area contributed by atoms with Gasteiger partial charge >= 0.3 is 0 Å². The van der Waals surface area contributed by atoms with E-state index in [0.29, 0.717) is 5.75 Å². The first-order chi connectivity index (χ1) is 11.7. The third-order valence-electron chi connectivity index (χ3n) is 3.35. The molecule has 7 heteroatoms. The number of aromatic nitrogens is 2. The Morgan fingerprint density at radius 1 is 1.17 bits per heavy atom. The quantitative estimate of drug-likeness (QED) is 0.648. The average Bonchev–Trinajstić information content (AvgIpc) is 3.06. The molecule has 1 amide bonds. The molecule has 0 unspecified atom stereocenters. The van der Waals surface area contributed by atoms with Gasteiger partial charge in [-0.15, -0.1) is 10.2 Å². The Morgan fingerprint density at radius 3 is 2.54 bits per heavy atom. The Hall–Kier alpha value is -1.60. The lowest BCUT2D eigenvalue weighted by atomic mass is 10.2. The van der Waals surface area contributed by atoms with Gasteiger partial charge < -0.3 is 10.2 Å². The fraction of sp³-hybridized carbons (Fsp3) is 0.471. The molecule has 0 aliphatic rings. The van der Waals surface area contributed by atoms with Gasteiger partial charge in [0, 0.05) is 19.6 Å². The van der Waals surface area contributed by atoms with E-state index in [1.807, 2.05) is 23.1 Å². The van der Waals surface area contributed by atoms with E-state index in [9.17, 15) is 4.79 Å². The molecule has 130 valence electrons. The number of carbonyl (C=O) groups excluding carboxylic acids is 1. The largest absolute Gasteiger partial charge is 0.356 e. The number of hydrogen-bond donors (Lipinski definition) is 1. The van der Waals surface area contributed by atoms with Crippen molar-refractivity contribution in [3.63, 3.8) is 0 Å². The summed E-state index contributed by atoms with van der Waals surface area (Å²) in [7, 11) is 0. The van der Waals surface area contributed by atoms with Crippen molar-refractivity contribution in [3.05, 3.63) is 35.9 Å². The molecule has 0 aliphatic heterocycles. The van der Waals surface area contributed by atoms with Crippen LogP contribution in [0.4, 0.5) is 5.13 Å². The normalized spacial score (nSPS) is 10.6. The second-order valence-corrected chi connectivity index (χ2v) is 7.58. The molecule has 0 atom stereocenters. The first-order valence-electron chi connectivity index (χ1n) is 8.24. The van der Waals surface area contributed by atoms with Gasteiger partial charge in [-0.1, -0.05) is 67.3 Å². The fourth-order valence-electron chi connectivity index (χ4n) is 2.23. The van der Waals surface area contributed by atoms with Crippen LogP contribution in [0, 0.1) is 0 Å². The molecular formula is C17H24N4OS2. The van der Waals surface area contributed by atoms with Gasteiger partial charge in [-0.05, 0) is 18.4 Å². The zero-order valence-corrected chi connectivity index (χ0v) is 15.8. The number of carbonyl (C=O) groups is 1. The minimum absolute atomic E-state index is 0.178. The lowest BCUT2D eigenvalue weighted by Gasteiger charge is -2.20. The van der Waals surface area contributed by atoms with Crippen molar-refractivity contribution >= 4 is 34.1 Å². The smallest absolute Gasteiger partial charge is 0.233 e. The van der Waals surface area contributed by atoms with Crippen LogP contribution in [0.5, 0.6) is 0 Å². The van der Waals surface area contributed by atoms with Crippen LogP contribution in [-0.4, -0.2) is 39.8 Å². The second-order valence-electron chi connectivity index (χ2n) is 5.38. The summed E-state index contributed by atoms with van der Waals surface area (Å²) in [5.74, 6) is 0.602. The highest BCUT2D eigenvalue weighted by Crippen LogP contribution is 2.26. The van der Waals surface area contributed by atoms with Crippen molar-refractivity contribution in [2.75, 3.05) is 24.2 Å². The molecule has 2 aromatic rings. The van der Waals surface area contributed by atoms with E-state index in [1.54, 1.807) is 0 Å². The van der Waals surface area contributed by atoms with Gasteiger partial charge in [-0.2, -0.15) is 0 Å². The van der Waals surface area contributed by atoms with Gasteiger partial charge in [-0.25, -0.2) is 0 Å². The molecule has 0 fully saturated rings. The van der Waals surface area contributed by atoms with Gasteiger partial charge in [0.15, 0.2) is 4.34 Å². The highest BCUT2D eigenvalue weighted by atomic mass is 32.2. The highest BCUT2D eigenvalue weighted by Gasteiger charge is 2.13. The summed E-state index contributed by atoms with van der Waals surface area (Å²) in [6, 6.07) is 10.2. The van der Waals surface area contributed by atoms with Crippen molar-refractivity contribution in [2.45, 2.75) is 37.6 Å². The lowest BCUT2D eigenvalue weighted by molar-refractivity contribution is -0.128. The summed E-state index contributed by atoms with van der Waals surface area (Å²) in [4.78, 5) is 14.2. The molecule has 1 heterocycles. The molecule has 24 heavy (non-hydrogen) atoms. The van der Waals surface area contributed by atoms with E-state index >= 15 is 0 Å². The average molecular weight is 365 g/mol. The fourth-order valence-corrected chi connectivity index (χ4v) is 3.88. The predicted molar refractivity (Wildman–Crippen MR) is 102 cm³/mol. The molecule has 2 rings (SSSR count). The maximum atomic E-state index is 12.3. The van der Waals surface area contributed by atoms with Gasteiger partial charge in [0.25, 0.3) is 0 Å². The van der Waals surface area contributed by atoms with Gasteiger partial charge in [0.2, 0.25) is 11.0 Å². The Labute approximate surface area is 151 Å². The standard InChI is InChI=1S/C17H24N4OS2/c1-3-10-21(11-4-2)15(22)13-23-17-20-19-16(24-17)18-12-14-8-6-5-7-9-14/h5-9H,3-4,10-13H2,1-2H3,(H,18,19). The van der Waals surface area contributed by atoms with Gasteiger partial charge in [0.1, 0.15) is 0 Å². The van der Waals surface area contributed by atoms with Crippen molar-refractivity contribution in [3.8, 4) is 0 Å². The first-order valence-corrected chi connectivity index (χ1v) is 10.0. The monoisotopic (exact) mass is 364 g/mol. The number of rotatable bonds is 10. The molecule has 0 saturated carbocycles. The summed E-state index contributed by atoms with van der Waals surface area (Å²) >= 11 is 2.96. The van der Waals surface area contributed by atoms with Crippen LogP contribution >= 0.6 is 23.1 Å². The van der Waals surface area contributed by atoms with Crippen LogP contribution in [0.2, 0.25) is 0 Å². The van der Waals surface area contributed by atoms with Crippen molar-refractivity contribution in [2.24, 2.45) is 0 Å². The molecule has 1 N–H and O–H groups in total. The Balaban J connectivity index is 1.79. The summed E-state index contributed by atoms with van der Waals surface area (Å²) in [6.07, 6.45) is 1.98. The topological polar surface area (TPSA) is 58.1 Å². The lowest BCUT2D eigenvalue weighted by Crippen LogP contribution is -2.33. The first kappa shape index (κ1) is 18.7. The number of nitrogens with zero attached hydrogens (tertiary/aromatic N) is 3. The number of amides is 1. The van der Waals surface area contributed by atoms with E-state index in [-0.39, 0.29) is 5.91 Å². The molecule has 0 spiro atoms. The summed E-state index contributed by atoms with van der Waals surface area (Å²) in [5, 5.41) is 12.3. The van der Waals surface area contributed by atoms with Crippen LogP contribution in [0.1, 0.15) is 32.3 Å². The van der Waals surface area contributed by atoms with Crippen LogP contribution in [0.25, 0.3) is 0 Å². The van der Waals surface area contributed by atoms with E-state index in [0.717, 1.165) is 41.9 Å². The highest BCUT2D eigenvalue weighted by molar-refractivity contribution is 8.01. The van der Waals surface area contributed by atoms with E-state index in [4.69, 9.17) is 0 Å². The third kappa shape index (κ3) is 6.13. The zero-order valence-electron chi connectivity index (χ0n) is 14.2. The minimum atomic E-state index is 0.178. The molecule has 0 radical (unpaired) electrons. The van der Waals surface area contributed by atoms with Crippen LogP contribution in [-0.2, 0) is 11.3 Å². The minimum Gasteiger partial charge on any atom is -0.356 e. The molecule has 0 aliphatic carbocycles. The van der Waals surface area contributed by atoms with Crippen molar-refractivity contribution in [1.82, 2.24) is 15.1 Å². The second kappa shape index (κ2) is 10.3. The zero-order chi connectivity index (χ0) is 17.2. The molecule has 5 nitrogen and oxygen atoms in total. The summed E-state index contributed by atoms with van der Waals surface area (Å²) in [6.45, 7) is 6.57. The van der Waals surface area contributed by atoms with Crippen LogP contribution in [0.15, 0.2) is 34.7 Å². The molecular weight excluding hydrogens is 340 g/mol. The molecule has 0 saturated heterocycles. The molecule has 0 bridgehead atoms. The Morgan fingerprint density at radius 2 is 1.88 bits per heavy atom. The van der Waals surface area contributed by atoms with E-state index in [1.165, 1.54) is 28.7 Å². The van der Waals surface area contributed by atoms with Crippen molar-refractivity contribution in [1.29, 1.82) is 0 Å². The molecule has 1 aromatic heterocycles. The SMILES string of the molecule is CCCN(CCC)C(=O)CSc1nnc(NCc2ccccc2)s1. The maximum Gasteiger partial charge on any atom is 0.233 e. The van der Waals surface area contributed by atoms with Crippen molar-refractivity contribution < 1.29 is 4.79 Å². The number of hydrogen-bond acceptors (Lipinski definition) is 6. The summed E-state index contributed by atoms with van der Waals surface area (Å²) < 4.78 is 0.826. The number of anilines is 1. The predicted octanol–water partition coefficient (Wildman–Crippen LogP) is 3.89. The Bertz CT molecular complexity index is 612. The van der Waals surface area contributed by atoms with E-state index in [2.05, 4.69) is 41.5 Å². The van der Waals surface area contributed by atoms with E-state index < -0.39 is 0 Å². The number of thioether (sulfide) groups is 1. The number of benzene rings is 1. The Kier molecular flexibility index (Phi) is 8.04. The van der Waals surface area contributed by atoms with Crippen LogP contribution < -0.4 is 5.32 Å². The van der Waals surface area contributed by atoms with Gasteiger partial charge in [-0.3, -0.25) is 4.79 Å².